The number of benzene rings is 2. The molecular weight excluding hydrogens is 594 g/mol. The van der Waals surface area contributed by atoms with Crippen LogP contribution >= 0.6 is 0 Å². The number of nitrogens with zero attached hydrogens (tertiary/aromatic N) is 8. The number of fused-ring (bicyclic) bond motifs is 2. The largest absolute Gasteiger partial charge is 0.462 e. The first kappa shape index (κ1) is 30.7. The molecule has 7 rings (SSSR count). The lowest BCUT2D eigenvalue weighted by Crippen LogP contribution is -2.55. The number of aryl methyl sites for hydroxylation is 1. The van der Waals surface area contributed by atoms with Crippen LogP contribution in [0.1, 0.15) is 41.6 Å². The van der Waals surface area contributed by atoms with Crippen molar-refractivity contribution < 1.29 is 14.3 Å². The molecule has 2 aromatic heterocycles. The van der Waals surface area contributed by atoms with Crippen molar-refractivity contribution in [1.29, 1.82) is 5.26 Å². The SMILES string of the molecule is Cc1ccc2cn[nH]c2c1N1CCc2c(nc(OCC3CCCN3C)nc2N2CCN(C(=O)OCc3ccccc3)C(CC#N)C2)C1. The topological polar surface area (TPSA) is 127 Å². The number of aromatic amines is 1. The normalized spacial score (nSPS) is 19.9. The summed E-state index contributed by atoms with van der Waals surface area (Å²) in [7, 11) is 2.14. The van der Waals surface area contributed by atoms with Crippen LogP contribution in [0.3, 0.4) is 0 Å². The van der Waals surface area contributed by atoms with Crippen LogP contribution < -0.4 is 14.5 Å². The van der Waals surface area contributed by atoms with E-state index in [4.69, 9.17) is 19.4 Å². The van der Waals surface area contributed by atoms with Gasteiger partial charge in [-0.3, -0.25) is 5.10 Å². The number of carbonyl (C=O) groups is 1. The lowest BCUT2D eigenvalue weighted by Gasteiger charge is -2.42. The summed E-state index contributed by atoms with van der Waals surface area (Å²) in [6.07, 6.45) is 4.66. The predicted octanol–water partition coefficient (Wildman–Crippen LogP) is 4.44. The Labute approximate surface area is 274 Å². The molecule has 1 N–H and O–H groups in total. The highest BCUT2D eigenvalue weighted by Crippen LogP contribution is 2.36. The first-order valence-electron chi connectivity index (χ1n) is 16.5. The van der Waals surface area contributed by atoms with Crippen LogP contribution in [0.15, 0.2) is 48.7 Å². The van der Waals surface area contributed by atoms with Gasteiger partial charge in [0.2, 0.25) is 0 Å². The fraction of sp³-hybridized carbons (Fsp3) is 0.457. The van der Waals surface area contributed by atoms with Gasteiger partial charge in [-0.1, -0.05) is 42.5 Å². The number of likely N-dealkylation sites (tertiary alicyclic amines) is 1. The van der Waals surface area contributed by atoms with Crippen LogP contribution in [0.2, 0.25) is 0 Å². The number of H-pyrrole nitrogens is 1. The third kappa shape index (κ3) is 6.40. The van der Waals surface area contributed by atoms with Gasteiger partial charge in [0.05, 0.1) is 48.2 Å². The van der Waals surface area contributed by atoms with Crippen molar-refractivity contribution >= 4 is 28.5 Å². The Kier molecular flexibility index (Phi) is 8.80. The minimum absolute atomic E-state index is 0.192. The van der Waals surface area contributed by atoms with Crippen LogP contribution in [-0.4, -0.2) is 94.5 Å². The van der Waals surface area contributed by atoms with Crippen LogP contribution in [0.5, 0.6) is 6.01 Å². The molecule has 5 heterocycles. The van der Waals surface area contributed by atoms with E-state index in [1.807, 2.05) is 36.5 Å². The molecule has 0 spiro atoms. The maximum Gasteiger partial charge on any atom is 0.410 e. The Morgan fingerprint density at radius 3 is 2.74 bits per heavy atom. The van der Waals surface area contributed by atoms with E-state index in [1.54, 1.807) is 4.90 Å². The Hall–Kier alpha value is -4.89. The quantitative estimate of drug-likeness (QED) is 0.297. The van der Waals surface area contributed by atoms with Crippen molar-refractivity contribution in [2.45, 2.75) is 57.8 Å². The van der Waals surface area contributed by atoms with Crippen LogP contribution in [0.25, 0.3) is 10.9 Å². The fourth-order valence-electron chi connectivity index (χ4n) is 7.15. The van der Waals surface area contributed by atoms with Crippen LogP contribution in [0.4, 0.5) is 16.3 Å². The molecule has 244 valence electrons. The number of hydrogen-bond donors (Lipinski definition) is 1. The standard InChI is InChI=1S/C35H41N9O3/c1-24-10-11-26-19-37-40-31(26)32(24)42-16-13-29-30(21-42)38-34(46-23-28-9-6-15-41(28)2)39-33(29)43-17-18-44(27(20-43)12-14-36)35(45)47-22-25-7-4-3-5-8-25/h3-5,7-8,10-11,19,27-28H,6,9,12-13,15-18,20-23H2,1-2H3,(H,37,40). The lowest BCUT2D eigenvalue weighted by atomic mass is 10.0. The average molecular weight is 636 g/mol. The number of likely N-dealkylation sites (N-methyl/N-ethyl adjacent to an activating group) is 1. The van der Waals surface area contributed by atoms with Gasteiger partial charge >= 0.3 is 12.1 Å². The Bertz CT molecular complexity index is 1770. The van der Waals surface area contributed by atoms with E-state index in [2.05, 4.69) is 57.1 Å². The molecule has 4 aromatic rings. The summed E-state index contributed by atoms with van der Waals surface area (Å²) in [5, 5.41) is 18.3. The van der Waals surface area contributed by atoms with Gasteiger partial charge in [0.15, 0.2) is 0 Å². The van der Waals surface area contributed by atoms with Gasteiger partial charge in [-0.2, -0.15) is 20.3 Å². The summed E-state index contributed by atoms with van der Waals surface area (Å²) in [6, 6.07) is 16.5. The van der Waals surface area contributed by atoms with Gasteiger partial charge in [0.25, 0.3) is 0 Å². The van der Waals surface area contributed by atoms with Crippen molar-refractivity contribution in [1.82, 2.24) is 30.0 Å². The van der Waals surface area contributed by atoms with Gasteiger partial charge in [0.1, 0.15) is 19.0 Å². The second kappa shape index (κ2) is 13.5. The fourth-order valence-corrected chi connectivity index (χ4v) is 7.15. The molecular formula is C35H41N9O3. The zero-order chi connectivity index (χ0) is 32.3. The number of rotatable bonds is 8. The molecule has 2 unspecified atom stereocenters. The number of nitrogens with one attached hydrogen (secondary N) is 1. The van der Waals surface area contributed by atoms with Gasteiger partial charge in [-0.05, 0) is 50.9 Å². The number of piperazine rings is 1. The molecule has 12 heteroatoms. The summed E-state index contributed by atoms with van der Waals surface area (Å²) >= 11 is 0. The van der Waals surface area contributed by atoms with Crippen molar-refractivity contribution in [2.24, 2.45) is 0 Å². The first-order chi connectivity index (χ1) is 23.0. The minimum Gasteiger partial charge on any atom is -0.462 e. The highest BCUT2D eigenvalue weighted by molar-refractivity contribution is 5.92. The Balaban J connectivity index is 1.15. The molecule has 2 atom stereocenters. The van der Waals surface area contributed by atoms with Crippen LogP contribution in [-0.2, 0) is 24.3 Å². The second-order valence-electron chi connectivity index (χ2n) is 12.8. The summed E-state index contributed by atoms with van der Waals surface area (Å²) in [6.45, 7) is 6.78. The van der Waals surface area contributed by atoms with Gasteiger partial charge < -0.3 is 29.1 Å². The van der Waals surface area contributed by atoms with E-state index in [0.29, 0.717) is 44.8 Å². The van der Waals surface area contributed by atoms with Gasteiger partial charge in [0, 0.05) is 43.2 Å². The second-order valence-corrected chi connectivity index (χ2v) is 12.8. The number of nitriles is 1. The Morgan fingerprint density at radius 1 is 1.06 bits per heavy atom. The molecule has 0 radical (unpaired) electrons. The molecule has 3 aliphatic heterocycles. The summed E-state index contributed by atoms with van der Waals surface area (Å²) < 4.78 is 12.0. The van der Waals surface area contributed by atoms with Crippen molar-refractivity contribution in [3.8, 4) is 12.1 Å². The number of ether oxygens (including phenoxy) is 2. The summed E-state index contributed by atoms with van der Waals surface area (Å²) in [5.74, 6) is 0.834. The third-order valence-corrected chi connectivity index (χ3v) is 9.76. The van der Waals surface area contributed by atoms with Gasteiger partial charge in [-0.15, -0.1) is 0 Å². The molecule has 2 fully saturated rings. The number of amides is 1. The third-order valence-electron chi connectivity index (χ3n) is 9.76. The number of aromatic nitrogens is 4. The Morgan fingerprint density at radius 2 is 1.94 bits per heavy atom. The van der Waals surface area contributed by atoms with E-state index in [1.165, 1.54) is 5.56 Å². The van der Waals surface area contributed by atoms with Gasteiger partial charge in [-0.25, -0.2) is 4.79 Å². The first-order valence-corrected chi connectivity index (χ1v) is 16.5. The van der Waals surface area contributed by atoms with Crippen LogP contribution in [0, 0.1) is 18.3 Å². The highest BCUT2D eigenvalue weighted by atomic mass is 16.6. The van der Waals surface area contributed by atoms with Crippen molar-refractivity contribution in [3.63, 3.8) is 0 Å². The molecule has 0 bridgehead atoms. The molecule has 2 aromatic carbocycles. The van der Waals surface area contributed by atoms with E-state index in [-0.39, 0.29) is 19.1 Å². The van der Waals surface area contributed by atoms with Crippen molar-refractivity contribution in [3.05, 3.63) is 71.0 Å². The van der Waals surface area contributed by atoms with E-state index >= 15 is 0 Å². The predicted molar refractivity (Wildman–Crippen MR) is 178 cm³/mol. The zero-order valence-corrected chi connectivity index (χ0v) is 27.1. The summed E-state index contributed by atoms with van der Waals surface area (Å²) in [4.78, 5) is 31.8. The molecule has 0 saturated carbocycles. The maximum absolute atomic E-state index is 13.2. The van der Waals surface area contributed by atoms with E-state index < -0.39 is 6.09 Å². The number of hydrogen-bond acceptors (Lipinski definition) is 10. The molecule has 3 aliphatic rings. The molecule has 12 nitrogen and oxygen atoms in total. The molecule has 0 aliphatic carbocycles. The van der Waals surface area contributed by atoms with E-state index in [0.717, 1.165) is 71.6 Å². The monoisotopic (exact) mass is 635 g/mol. The lowest BCUT2D eigenvalue weighted by molar-refractivity contribution is 0.0767. The highest BCUT2D eigenvalue weighted by Gasteiger charge is 2.35. The van der Waals surface area contributed by atoms with E-state index in [9.17, 15) is 10.1 Å². The zero-order valence-electron chi connectivity index (χ0n) is 27.1. The van der Waals surface area contributed by atoms with Crippen molar-refractivity contribution in [2.75, 3.05) is 56.2 Å². The molecule has 1 amide bonds. The summed E-state index contributed by atoms with van der Waals surface area (Å²) in [5.41, 5.74) is 6.30. The number of carbonyl (C=O) groups excluding carboxylic acids is 1. The minimum atomic E-state index is -0.401. The number of anilines is 2. The smallest absolute Gasteiger partial charge is 0.410 e. The molecule has 2 saturated heterocycles. The molecule has 47 heavy (non-hydrogen) atoms. The average Bonchev–Trinajstić information content (AvgIpc) is 3.74. The maximum atomic E-state index is 13.2.